The van der Waals surface area contributed by atoms with Gasteiger partial charge in [-0.3, -0.25) is 4.90 Å². The zero-order valence-electron chi connectivity index (χ0n) is 12.2. The standard InChI is InChI=1S/C18H17BrN2O/c19-18-11-17(22-20-18)14-21(12-15-7-3-1-4-8-15)13-16-9-5-2-6-10-16/h1-11H,12-14H2. The molecule has 0 aliphatic carbocycles. The molecule has 0 radical (unpaired) electrons. The topological polar surface area (TPSA) is 29.3 Å². The van der Waals surface area contributed by atoms with Crippen molar-refractivity contribution in [1.82, 2.24) is 10.1 Å². The van der Waals surface area contributed by atoms with Crippen LogP contribution in [0.15, 0.2) is 75.9 Å². The lowest BCUT2D eigenvalue weighted by atomic mass is 10.1. The van der Waals surface area contributed by atoms with Gasteiger partial charge in [0.1, 0.15) is 4.60 Å². The minimum Gasteiger partial charge on any atom is -0.359 e. The van der Waals surface area contributed by atoms with Gasteiger partial charge in [-0.25, -0.2) is 0 Å². The number of halogens is 1. The summed E-state index contributed by atoms with van der Waals surface area (Å²) in [5.74, 6) is 0.860. The highest BCUT2D eigenvalue weighted by Gasteiger charge is 2.11. The highest BCUT2D eigenvalue weighted by atomic mass is 79.9. The zero-order chi connectivity index (χ0) is 15.2. The Balaban J connectivity index is 1.75. The number of hydrogen-bond donors (Lipinski definition) is 0. The molecule has 0 N–H and O–H groups in total. The zero-order valence-corrected chi connectivity index (χ0v) is 13.7. The number of hydrogen-bond acceptors (Lipinski definition) is 3. The van der Waals surface area contributed by atoms with E-state index in [0.717, 1.165) is 30.0 Å². The van der Waals surface area contributed by atoms with Crippen LogP contribution in [0.4, 0.5) is 0 Å². The summed E-state index contributed by atoms with van der Waals surface area (Å²) >= 11 is 3.33. The Morgan fingerprint density at radius 1 is 0.818 bits per heavy atom. The van der Waals surface area contributed by atoms with E-state index in [0.29, 0.717) is 0 Å². The van der Waals surface area contributed by atoms with Crippen molar-refractivity contribution in [2.24, 2.45) is 0 Å². The third-order valence-electron chi connectivity index (χ3n) is 3.41. The van der Waals surface area contributed by atoms with Crippen LogP contribution in [0.5, 0.6) is 0 Å². The number of benzene rings is 2. The summed E-state index contributed by atoms with van der Waals surface area (Å²) in [7, 11) is 0. The second-order valence-corrected chi connectivity index (χ2v) is 6.04. The number of aromatic nitrogens is 1. The molecule has 22 heavy (non-hydrogen) atoms. The smallest absolute Gasteiger partial charge is 0.151 e. The highest BCUT2D eigenvalue weighted by molar-refractivity contribution is 9.10. The van der Waals surface area contributed by atoms with Crippen LogP contribution < -0.4 is 0 Å². The Kier molecular flexibility index (Phi) is 5.03. The monoisotopic (exact) mass is 356 g/mol. The quantitative estimate of drug-likeness (QED) is 0.644. The molecule has 2 aromatic carbocycles. The van der Waals surface area contributed by atoms with Gasteiger partial charge in [-0.15, -0.1) is 0 Å². The van der Waals surface area contributed by atoms with Crippen LogP contribution in [-0.4, -0.2) is 10.1 Å². The van der Waals surface area contributed by atoms with Crippen molar-refractivity contribution in [2.75, 3.05) is 0 Å². The summed E-state index contributed by atoms with van der Waals surface area (Å²) in [5, 5.41) is 3.90. The molecule has 0 aliphatic rings. The minimum absolute atomic E-state index is 0.725. The fraction of sp³-hybridized carbons (Fsp3) is 0.167. The Labute approximate surface area is 138 Å². The third kappa shape index (κ3) is 4.29. The summed E-state index contributed by atoms with van der Waals surface area (Å²) in [6.07, 6.45) is 0. The van der Waals surface area contributed by atoms with E-state index in [-0.39, 0.29) is 0 Å². The fourth-order valence-corrected chi connectivity index (χ4v) is 2.76. The molecule has 1 aromatic heterocycles. The molecule has 0 unspecified atom stereocenters. The molecule has 0 amide bonds. The van der Waals surface area contributed by atoms with Gasteiger partial charge in [0.15, 0.2) is 5.76 Å². The molecular weight excluding hydrogens is 340 g/mol. The van der Waals surface area contributed by atoms with E-state index >= 15 is 0 Å². The van der Waals surface area contributed by atoms with Crippen LogP contribution in [0.2, 0.25) is 0 Å². The first-order valence-corrected chi connectivity index (χ1v) is 8.00. The molecule has 3 nitrogen and oxygen atoms in total. The predicted octanol–water partition coefficient (Wildman–Crippen LogP) is 4.64. The van der Waals surface area contributed by atoms with Crippen LogP contribution in [0, 0.1) is 0 Å². The second-order valence-electron chi connectivity index (χ2n) is 5.23. The molecule has 0 bridgehead atoms. The predicted molar refractivity (Wildman–Crippen MR) is 90.0 cm³/mol. The molecule has 3 rings (SSSR count). The van der Waals surface area contributed by atoms with Gasteiger partial charge in [-0.05, 0) is 27.1 Å². The van der Waals surface area contributed by atoms with Crippen molar-refractivity contribution in [3.05, 3.63) is 88.2 Å². The Morgan fingerprint density at radius 3 is 1.82 bits per heavy atom. The molecule has 112 valence electrons. The summed E-state index contributed by atoms with van der Waals surface area (Å²) < 4.78 is 6.07. The molecule has 1 heterocycles. The van der Waals surface area contributed by atoms with Crippen molar-refractivity contribution < 1.29 is 4.52 Å². The molecule has 4 heteroatoms. The van der Waals surface area contributed by atoms with E-state index in [2.05, 4.69) is 74.5 Å². The Morgan fingerprint density at radius 2 is 1.36 bits per heavy atom. The van der Waals surface area contributed by atoms with Gasteiger partial charge in [-0.2, -0.15) is 0 Å². The molecule has 0 saturated carbocycles. The molecule has 3 aromatic rings. The maximum atomic E-state index is 5.33. The number of nitrogens with zero attached hydrogens (tertiary/aromatic N) is 2. The molecule has 0 atom stereocenters. The summed E-state index contributed by atoms with van der Waals surface area (Å²) in [6.45, 7) is 2.46. The van der Waals surface area contributed by atoms with Gasteiger partial charge < -0.3 is 4.52 Å². The number of rotatable bonds is 6. The fourth-order valence-electron chi connectivity index (χ4n) is 2.43. The summed E-state index contributed by atoms with van der Waals surface area (Å²) in [6, 6.07) is 22.9. The van der Waals surface area contributed by atoms with Gasteiger partial charge >= 0.3 is 0 Å². The van der Waals surface area contributed by atoms with Crippen LogP contribution >= 0.6 is 15.9 Å². The first kappa shape index (κ1) is 15.0. The lowest BCUT2D eigenvalue weighted by molar-refractivity contribution is 0.215. The van der Waals surface area contributed by atoms with Crippen LogP contribution in [-0.2, 0) is 19.6 Å². The first-order chi connectivity index (χ1) is 10.8. The molecule has 0 fully saturated rings. The average Bonchev–Trinajstić information content (AvgIpc) is 2.94. The summed E-state index contributed by atoms with van der Waals surface area (Å²) in [5.41, 5.74) is 2.58. The van der Waals surface area contributed by atoms with E-state index in [1.807, 2.05) is 18.2 Å². The van der Waals surface area contributed by atoms with Gasteiger partial charge in [0.05, 0.1) is 6.54 Å². The maximum Gasteiger partial charge on any atom is 0.151 e. The molecular formula is C18H17BrN2O. The van der Waals surface area contributed by atoms with Gasteiger partial charge in [0, 0.05) is 19.2 Å². The van der Waals surface area contributed by atoms with E-state index in [4.69, 9.17) is 4.52 Å². The summed E-state index contributed by atoms with van der Waals surface area (Å²) in [4.78, 5) is 2.34. The minimum atomic E-state index is 0.725. The SMILES string of the molecule is Brc1cc(CN(Cc2ccccc2)Cc2ccccc2)on1. The van der Waals surface area contributed by atoms with Gasteiger partial charge in [-0.1, -0.05) is 65.8 Å². The van der Waals surface area contributed by atoms with Crippen molar-refractivity contribution in [1.29, 1.82) is 0 Å². The lowest BCUT2D eigenvalue weighted by Crippen LogP contribution is -2.22. The highest BCUT2D eigenvalue weighted by Crippen LogP contribution is 2.16. The molecule has 0 aliphatic heterocycles. The normalized spacial score (nSPS) is 11.0. The Bertz CT molecular complexity index is 656. The second kappa shape index (κ2) is 7.38. The largest absolute Gasteiger partial charge is 0.359 e. The van der Waals surface area contributed by atoms with Gasteiger partial charge in [0.25, 0.3) is 0 Å². The lowest BCUT2D eigenvalue weighted by Gasteiger charge is -2.21. The molecule has 0 spiro atoms. The van der Waals surface area contributed by atoms with Crippen LogP contribution in [0.3, 0.4) is 0 Å². The van der Waals surface area contributed by atoms with E-state index in [9.17, 15) is 0 Å². The van der Waals surface area contributed by atoms with Gasteiger partial charge in [0.2, 0.25) is 0 Å². The van der Waals surface area contributed by atoms with Crippen molar-refractivity contribution in [3.63, 3.8) is 0 Å². The van der Waals surface area contributed by atoms with Crippen molar-refractivity contribution in [2.45, 2.75) is 19.6 Å². The van der Waals surface area contributed by atoms with E-state index in [1.54, 1.807) is 0 Å². The van der Waals surface area contributed by atoms with Crippen LogP contribution in [0.25, 0.3) is 0 Å². The van der Waals surface area contributed by atoms with Crippen molar-refractivity contribution in [3.8, 4) is 0 Å². The van der Waals surface area contributed by atoms with Crippen molar-refractivity contribution >= 4 is 15.9 Å². The first-order valence-electron chi connectivity index (χ1n) is 7.21. The molecule has 0 saturated heterocycles. The third-order valence-corrected chi connectivity index (χ3v) is 3.78. The maximum absolute atomic E-state index is 5.33. The van der Waals surface area contributed by atoms with E-state index < -0.39 is 0 Å². The van der Waals surface area contributed by atoms with E-state index in [1.165, 1.54) is 11.1 Å². The van der Waals surface area contributed by atoms with Crippen LogP contribution in [0.1, 0.15) is 16.9 Å². The average molecular weight is 357 g/mol. The Hall–Kier alpha value is -1.91.